The molecule has 1 aromatic carbocycles. The molecule has 1 aliphatic rings. The second-order valence-electron chi connectivity index (χ2n) is 4.93. The number of aromatic nitrogens is 2. The molecule has 1 aliphatic carbocycles. The molecule has 19 heavy (non-hydrogen) atoms. The first-order valence-corrected chi connectivity index (χ1v) is 7.68. The Morgan fingerprint density at radius 1 is 1.21 bits per heavy atom. The van der Waals surface area contributed by atoms with E-state index in [0.29, 0.717) is 17.5 Å². The van der Waals surface area contributed by atoms with Gasteiger partial charge in [-0.2, -0.15) is 0 Å². The third-order valence-electron chi connectivity index (χ3n) is 3.67. The van der Waals surface area contributed by atoms with Crippen molar-refractivity contribution in [1.29, 1.82) is 0 Å². The number of benzene rings is 1. The number of Topliss-reactive ketones (excluding diaryl/α,β-unsaturated/α-hetero) is 1. The number of fused-ring (bicyclic) bond motifs is 1. The summed E-state index contributed by atoms with van der Waals surface area (Å²) in [5.74, 6) is 1.21. The van der Waals surface area contributed by atoms with Gasteiger partial charge in [0.05, 0.1) is 11.3 Å². The van der Waals surface area contributed by atoms with Crippen molar-refractivity contribution >= 4 is 28.4 Å². The summed E-state index contributed by atoms with van der Waals surface area (Å²) in [7, 11) is 0. The van der Waals surface area contributed by atoms with Gasteiger partial charge in [-0.05, 0) is 18.9 Å². The molecular formula is C15H16N2OS. The van der Waals surface area contributed by atoms with Crippen LogP contribution in [0.15, 0.2) is 35.6 Å². The van der Waals surface area contributed by atoms with Gasteiger partial charge in [0.15, 0.2) is 0 Å². The summed E-state index contributed by atoms with van der Waals surface area (Å²) in [5, 5.41) is 1.95. The van der Waals surface area contributed by atoms with Crippen LogP contribution in [0.3, 0.4) is 0 Å². The number of rotatable bonds is 4. The quantitative estimate of drug-likeness (QED) is 0.631. The van der Waals surface area contributed by atoms with Gasteiger partial charge in [0, 0.05) is 11.3 Å². The first-order chi connectivity index (χ1) is 9.34. The summed E-state index contributed by atoms with van der Waals surface area (Å²) in [5.41, 5.74) is 0.938. The van der Waals surface area contributed by atoms with Crippen molar-refractivity contribution in [2.45, 2.75) is 30.7 Å². The summed E-state index contributed by atoms with van der Waals surface area (Å²) in [4.78, 5) is 20.6. The highest BCUT2D eigenvalue weighted by atomic mass is 32.2. The Kier molecular flexibility index (Phi) is 3.78. The Bertz CT molecular complexity index is 588. The van der Waals surface area contributed by atoms with Crippen LogP contribution in [0.5, 0.6) is 0 Å². The Balaban J connectivity index is 1.73. The molecule has 1 saturated carbocycles. The van der Waals surface area contributed by atoms with Crippen LogP contribution in [-0.2, 0) is 4.79 Å². The number of nitrogens with zero attached hydrogens (tertiary/aromatic N) is 2. The fraction of sp³-hybridized carbons (Fsp3) is 0.400. The minimum absolute atomic E-state index is 0.292. The minimum Gasteiger partial charge on any atom is -0.298 e. The Morgan fingerprint density at radius 2 is 2.00 bits per heavy atom. The zero-order valence-corrected chi connectivity index (χ0v) is 11.5. The second kappa shape index (κ2) is 5.70. The largest absolute Gasteiger partial charge is 0.298 e. The molecule has 0 radical (unpaired) electrons. The summed E-state index contributed by atoms with van der Waals surface area (Å²) in [6.45, 7) is 0. The third kappa shape index (κ3) is 2.78. The standard InChI is InChI=1S/C15H16N2OS/c18-14(11-5-1-2-6-11)9-19-15-12-7-3-4-8-13(12)16-10-17-15/h3-4,7-8,10-11H,1-2,5-6,9H2. The number of para-hydroxylation sites is 1. The SMILES string of the molecule is O=C(CSc1ncnc2ccccc12)C1CCCC1. The summed E-state index contributed by atoms with van der Waals surface area (Å²) < 4.78 is 0. The highest BCUT2D eigenvalue weighted by Gasteiger charge is 2.22. The monoisotopic (exact) mass is 272 g/mol. The van der Waals surface area contributed by atoms with E-state index in [1.165, 1.54) is 12.8 Å². The lowest BCUT2D eigenvalue weighted by Gasteiger charge is -2.08. The van der Waals surface area contributed by atoms with E-state index in [0.717, 1.165) is 28.8 Å². The number of ketones is 1. The molecule has 0 unspecified atom stereocenters. The molecule has 1 fully saturated rings. The first-order valence-electron chi connectivity index (χ1n) is 6.70. The lowest BCUT2D eigenvalue weighted by molar-refractivity contribution is -0.120. The molecule has 4 heteroatoms. The molecule has 0 N–H and O–H groups in total. The minimum atomic E-state index is 0.292. The van der Waals surface area contributed by atoms with Crippen molar-refractivity contribution in [2.75, 3.05) is 5.75 Å². The van der Waals surface area contributed by atoms with Gasteiger partial charge < -0.3 is 0 Å². The Hall–Kier alpha value is -1.42. The van der Waals surface area contributed by atoms with Crippen molar-refractivity contribution in [1.82, 2.24) is 9.97 Å². The maximum absolute atomic E-state index is 12.1. The van der Waals surface area contributed by atoms with Gasteiger partial charge >= 0.3 is 0 Å². The molecule has 2 aromatic rings. The topological polar surface area (TPSA) is 42.9 Å². The summed E-state index contributed by atoms with van der Waals surface area (Å²) in [6, 6.07) is 7.93. The smallest absolute Gasteiger partial charge is 0.146 e. The zero-order chi connectivity index (χ0) is 13.1. The molecule has 0 spiro atoms. The van der Waals surface area contributed by atoms with Gasteiger partial charge in [-0.25, -0.2) is 9.97 Å². The van der Waals surface area contributed by atoms with Crippen LogP contribution in [-0.4, -0.2) is 21.5 Å². The molecule has 0 bridgehead atoms. The number of hydrogen-bond donors (Lipinski definition) is 0. The van der Waals surface area contributed by atoms with E-state index in [-0.39, 0.29) is 0 Å². The van der Waals surface area contributed by atoms with Crippen molar-refractivity contribution in [3.05, 3.63) is 30.6 Å². The molecule has 1 aromatic heterocycles. The highest BCUT2D eigenvalue weighted by molar-refractivity contribution is 8.00. The Morgan fingerprint density at radius 3 is 2.84 bits per heavy atom. The Labute approximate surface area is 116 Å². The average Bonchev–Trinajstić information content (AvgIpc) is 2.99. The molecule has 0 amide bonds. The van der Waals surface area contributed by atoms with E-state index in [2.05, 4.69) is 9.97 Å². The number of hydrogen-bond acceptors (Lipinski definition) is 4. The van der Waals surface area contributed by atoms with Gasteiger partial charge in [0.2, 0.25) is 0 Å². The number of carbonyl (C=O) groups is 1. The molecule has 0 saturated heterocycles. The van der Waals surface area contributed by atoms with Gasteiger partial charge in [-0.1, -0.05) is 42.8 Å². The van der Waals surface area contributed by atoms with Gasteiger partial charge in [0.25, 0.3) is 0 Å². The van der Waals surface area contributed by atoms with Crippen LogP contribution in [0.25, 0.3) is 10.9 Å². The van der Waals surface area contributed by atoms with E-state index in [1.807, 2.05) is 24.3 Å². The first kappa shape index (κ1) is 12.6. The van der Waals surface area contributed by atoms with E-state index in [4.69, 9.17) is 0 Å². The second-order valence-corrected chi connectivity index (χ2v) is 5.90. The molecule has 0 aliphatic heterocycles. The van der Waals surface area contributed by atoms with E-state index < -0.39 is 0 Å². The fourth-order valence-corrected chi connectivity index (χ4v) is 3.56. The van der Waals surface area contributed by atoms with E-state index in [9.17, 15) is 4.79 Å². The molecule has 3 rings (SSSR count). The molecule has 98 valence electrons. The molecule has 1 heterocycles. The van der Waals surface area contributed by atoms with Gasteiger partial charge in [-0.3, -0.25) is 4.79 Å². The molecule has 3 nitrogen and oxygen atoms in total. The van der Waals surface area contributed by atoms with Crippen molar-refractivity contribution in [3.8, 4) is 0 Å². The summed E-state index contributed by atoms with van der Waals surface area (Å²) in [6.07, 6.45) is 6.13. The van der Waals surface area contributed by atoms with Crippen LogP contribution >= 0.6 is 11.8 Å². The average molecular weight is 272 g/mol. The van der Waals surface area contributed by atoms with Gasteiger partial charge in [0.1, 0.15) is 17.1 Å². The molecular weight excluding hydrogens is 256 g/mol. The highest BCUT2D eigenvalue weighted by Crippen LogP contribution is 2.29. The fourth-order valence-electron chi connectivity index (χ4n) is 2.60. The number of thioether (sulfide) groups is 1. The van der Waals surface area contributed by atoms with E-state index in [1.54, 1.807) is 18.1 Å². The number of carbonyl (C=O) groups excluding carboxylic acids is 1. The van der Waals surface area contributed by atoms with Crippen LogP contribution < -0.4 is 0 Å². The maximum Gasteiger partial charge on any atom is 0.146 e. The van der Waals surface area contributed by atoms with E-state index >= 15 is 0 Å². The van der Waals surface area contributed by atoms with Crippen LogP contribution in [0.1, 0.15) is 25.7 Å². The van der Waals surface area contributed by atoms with Crippen LogP contribution in [0, 0.1) is 5.92 Å². The molecule has 0 atom stereocenters. The van der Waals surface area contributed by atoms with Crippen LogP contribution in [0.2, 0.25) is 0 Å². The zero-order valence-electron chi connectivity index (χ0n) is 10.7. The lowest BCUT2D eigenvalue weighted by atomic mass is 10.0. The van der Waals surface area contributed by atoms with Crippen molar-refractivity contribution in [2.24, 2.45) is 5.92 Å². The van der Waals surface area contributed by atoms with Gasteiger partial charge in [-0.15, -0.1) is 0 Å². The van der Waals surface area contributed by atoms with Crippen molar-refractivity contribution in [3.63, 3.8) is 0 Å². The van der Waals surface area contributed by atoms with Crippen LogP contribution in [0.4, 0.5) is 0 Å². The lowest BCUT2D eigenvalue weighted by Crippen LogP contribution is -2.13. The third-order valence-corrected chi connectivity index (χ3v) is 4.70. The van der Waals surface area contributed by atoms with Crippen molar-refractivity contribution < 1.29 is 4.79 Å². The maximum atomic E-state index is 12.1. The predicted octanol–water partition coefficient (Wildman–Crippen LogP) is 3.48. The predicted molar refractivity (Wildman–Crippen MR) is 77.2 cm³/mol. The normalized spacial score (nSPS) is 16.0. The summed E-state index contributed by atoms with van der Waals surface area (Å²) >= 11 is 1.54.